The second kappa shape index (κ2) is 4.08. The SMILES string of the molecule is Cc1nccc(NC2(CC(=O)O)CCC2)n1. The highest BCUT2D eigenvalue weighted by Crippen LogP contribution is 2.37. The van der Waals surface area contributed by atoms with Gasteiger partial charge in [-0.25, -0.2) is 9.97 Å². The van der Waals surface area contributed by atoms with Crippen molar-refractivity contribution in [3.63, 3.8) is 0 Å². The molecule has 5 heteroatoms. The Kier molecular flexibility index (Phi) is 2.77. The molecule has 0 spiro atoms. The molecular formula is C11H15N3O2. The van der Waals surface area contributed by atoms with Crippen LogP contribution in [0.4, 0.5) is 5.82 Å². The number of aliphatic carboxylic acids is 1. The zero-order chi connectivity index (χ0) is 11.6. The van der Waals surface area contributed by atoms with Gasteiger partial charge in [-0.15, -0.1) is 0 Å². The zero-order valence-corrected chi connectivity index (χ0v) is 9.23. The Bertz CT molecular complexity index is 402. The average molecular weight is 221 g/mol. The Morgan fingerprint density at radius 2 is 2.38 bits per heavy atom. The lowest BCUT2D eigenvalue weighted by molar-refractivity contribution is -0.138. The predicted octanol–water partition coefficient (Wildman–Crippen LogP) is 1.59. The van der Waals surface area contributed by atoms with Crippen molar-refractivity contribution in [2.24, 2.45) is 0 Å². The molecule has 0 aliphatic heterocycles. The van der Waals surface area contributed by atoms with Gasteiger partial charge in [-0.2, -0.15) is 0 Å². The standard InChI is InChI=1S/C11H15N3O2/c1-8-12-6-3-9(13-8)14-11(4-2-5-11)7-10(15)16/h3,6H,2,4-5,7H2,1H3,(H,15,16)(H,12,13,14). The van der Waals surface area contributed by atoms with Gasteiger partial charge in [0, 0.05) is 11.7 Å². The van der Waals surface area contributed by atoms with Crippen LogP contribution in [-0.2, 0) is 4.79 Å². The lowest BCUT2D eigenvalue weighted by atomic mass is 9.74. The molecule has 2 rings (SSSR count). The number of carboxylic acids is 1. The van der Waals surface area contributed by atoms with Gasteiger partial charge in [-0.1, -0.05) is 0 Å². The fraction of sp³-hybridized carbons (Fsp3) is 0.545. The van der Waals surface area contributed by atoms with E-state index < -0.39 is 5.97 Å². The first-order chi connectivity index (χ1) is 7.60. The molecule has 0 amide bonds. The molecule has 86 valence electrons. The minimum atomic E-state index is -0.766. The molecule has 0 bridgehead atoms. The number of nitrogens with zero attached hydrogens (tertiary/aromatic N) is 2. The van der Waals surface area contributed by atoms with Crippen molar-refractivity contribution in [1.82, 2.24) is 9.97 Å². The van der Waals surface area contributed by atoms with Crippen LogP contribution in [0.2, 0.25) is 0 Å². The van der Waals surface area contributed by atoms with Crippen molar-refractivity contribution >= 4 is 11.8 Å². The summed E-state index contributed by atoms with van der Waals surface area (Å²) in [6.07, 6.45) is 4.68. The lowest BCUT2D eigenvalue weighted by Crippen LogP contribution is -2.47. The molecule has 1 aromatic rings. The molecular weight excluding hydrogens is 206 g/mol. The summed E-state index contributed by atoms with van der Waals surface area (Å²) >= 11 is 0. The van der Waals surface area contributed by atoms with Crippen LogP contribution in [0.15, 0.2) is 12.3 Å². The molecule has 1 saturated carbocycles. The first kappa shape index (κ1) is 10.9. The predicted molar refractivity (Wildman–Crippen MR) is 59.2 cm³/mol. The molecule has 0 unspecified atom stereocenters. The summed E-state index contributed by atoms with van der Waals surface area (Å²) in [7, 11) is 0. The number of aryl methyl sites for hydroxylation is 1. The van der Waals surface area contributed by atoms with Crippen molar-refractivity contribution < 1.29 is 9.90 Å². The van der Waals surface area contributed by atoms with Gasteiger partial charge in [0.15, 0.2) is 0 Å². The molecule has 0 atom stereocenters. The van der Waals surface area contributed by atoms with E-state index in [4.69, 9.17) is 5.11 Å². The molecule has 2 N–H and O–H groups in total. The van der Waals surface area contributed by atoms with E-state index in [9.17, 15) is 4.79 Å². The largest absolute Gasteiger partial charge is 0.481 e. The molecule has 1 aromatic heterocycles. The number of hydrogen-bond donors (Lipinski definition) is 2. The summed E-state index contributed by atoms with van der Waals surface area (Å²) in [5, 5.41) is 12.1. The van der Waals surface area contributed by atoms with E-state index in [1.165, 1.54) is 0 Å². The molecule has 16 heavy (non-hydrogen) atoms. The summed E-state index contributed by atoms with van der Waals surface area (Å²) in [6.45, 7) is 1.82. The smallest absolute Gasteiger partial charge is 0.305 e. The van der Waals surface area contributed by atoms with Crippen molar-refractivity contribution in [2.75, 3.05) is 5.32 Å². The maximum Gasteiger partial charge on any atom is 0.305 e. The molecule has 0 radical (unpaired) electrons. The summed E-state index contributed by atoms with van der Waals surface area (Å²) in [4.78, 5) is 19.0. The van der Waals surface area contributed by atoms with E-state index in [1.54, 1.807) is 12.3 Å². The number of anilines is 1. The zero-order valence-electron chi connectivity index (χ0n) is 9.23. The van der Waals surface area contributed by atoms with Gasteiger partial charge in [0.25, 0.3) is 0 Å². The number of aromatic nitrogens is 2. The third-order valence-electron chi connectivity index (χ3n) is 2.97. The van der Waals surface area contributed by atoms with Gasteiger partial charge in [-0.3, -0.25) is 4.79 Å². The normalized spacial score (nSPS) is 17.6. The number of carboxylic acid groups (broad SMARTS) is 1. The maximum absolute atomic E-state index is 10.8. The first-order valence-electron chi connectivity index (χ1n) is 5.39. The van der Waals surface area contributed by atoms with Gasteiger partial charge in [0.2, 0.25) is 0 Å². The van der Waals surface area contributed by atoms with E-state index in [0.717, 1.165) is 19.3 Å². The highest BCUT2D eigenvalue weighted by atomic mass is 16.4. The topological polar surface area (TPSA) is 75.1 Å². The minimum absolute atomic E-state index is 0.149. The molecule has 1 heterocycles. The lowest BCUT2D eigenvalue weighted by Gasteiger charge is -2.41. The Morgan fingerprint density at radius 3 is 2.88 bits per heavy atom. The molecule has 5 nitrogen and oxygen atoms in total. The van der Waals surface area contributed by atoms with Crippen molar-refractivity contribution in [1.29, 1.82) is 0 Å². The van der Waals surface area contributed by atoms with E-state index in [1.807, 2.05) is 6.92 Å². The molecule has 1 aliphatic rings. The summed E-state index contributed by atoms with van der Waals surface area (Å²) in [5.41, 5.74) is -0.299. The third-order valence-corrected chi connectivity index (χ3v) is 2.97. The number of carbonyl (C=O) groups is 1. The average Bonchev–Trinajstić information content (AvgIpc) is 2.13. The summed E-state index contributed by atoms with van der Waals surface area (Å²) in [5.74, 6) is 0.640. The van der Waals surface area contributed by atoms with Crippen LogP contribution in [0.5, 0.6) is 0 Å². The van der Waals surface area contributed by atoms with Crippen LogP contribution in [-0.4, -0.2) is 26.6 Å². The summed E-state index contributed by atoms with van der Waals surface area (Å²) < 4.78 is 0. The molecule has 0 saturated heterocycles. The maximum atomic E-state index is 10.8. The molecule has 0 aromatic carbocycles. The van der Waals surface area contributed by atoms with Gasteiger partial charge in [-0.05, 0) is 32.3 Å². The number of nitrogens with one attached hydrogen (secondary N) is 1. The fourth-order valence-corrected chi connectivity index (χ4v) is 2.04. The van der Waals surface area contributed by atoms with Gasteiger partial charge < -0.3 is 10.4 Å². The Morgan fingerprint density at radius 1 is 1.62 bits per heavy atom. The second-order valence-electron chi connectivity index (χ2n) is 4.32. The van der Waals surface area contributed by atoms with E-state index in [2.05, 4.69) is 15.3 Å². The van der Waals surface area contributed by atoms with Crippen LogP contribution in [0.1, 0.15) is 31.5 Å². The first-order valence-corrected chi connectivity index (χ1v) is 5.39. The number of rotatable bonds is 4. The monoisotopic (exact) mass is 221 g/mol. The Balaban J connectivity index is 2.09. The summed E-state index contributed by atoms with van der Waals surface area (Å²) in [6, 6.07) is 1.77. The van der Waals surface area contributed by atoms with E-state index in [0.29, 0.717) is 11.6 Å². The van der Waals surface area contributed by atoms with Gasteiger partial charge in [0.05, 0.1) is 6.42 Å². The highest BCUT2D eigenvalue weighted by Gasteiger charge is 2.39. The minimum Gasteiger partial charge on any atom is -0.481 e. The highest BCUT2D eigenvalue weighted by molar-refractivity contribution is 5.69. The quantitative estimate of drug-likeness (QED) is 0.807. The molecule has 1 fully saturated rings. The second-order valence-corrected chi connectivity index (χ2v) is 4.32. The fourth-order valence-electron chi connectivity index (χ4n) is 2.04. The van der Waals surface area contributed by atoms with Crippen LogP contribution in [0, 0.1) is 6.92 Å². The Labute approximate surface area is 93.9 Å². The third kappa shape index (κ3) is 2.29. The van der Waals surface area contributed by atoms with Gasteiger partial charge >= 0.3 is 5.97 Å². The van der Waals surface area contributed by atoms with Crippen LogP contribution >= 0.6 is 0 Å². The van der Waals surface area contributed by atoms with Crippen LogP contribution in [0.25, 0.3) is 0 Å². The van der Waals surface area contributed by atoms with Crippen molar-refractivity contribution in [3.05, 3.63) is 18.1 Å². The number of hydrogen-bond acceptors (Lipinski definition) is 4. The van der Waals surface area contributed by atoms with Crippen LogP contribution < -0.4 is 5.32 Å². The van der Waals surface area contributed by atoms with Crippen molar-refractivity contribution in [3.8, 4) is 0 Å². The van der Waals surface area contributed by atoms with Crippen LogP contribution in [0.3, 0.4) is 0 Å². The van der Waals surface area contributed by atoms with E-state index in [-0.39, 0.29) is 12.0 Å². The van der Waals surface area contributed by atoms with E-state index >= 15 is 0 Å². The van der Waals surface area contributed by atoms with Crippen molar-refractivity contribution in [2.45, 2.75) is 38.1 Å². The Hall–Kier alpha value is -1.65. The molecule has 1 aliphatic carbocycles. The van der Waals surface area contributed by atoms with Gasteiger partial charge in [0.1, 0.15) is 11.6 Å².